The standard InChI is InChI=1S/C19H18N2O2/c1-23-17-11-8-14(9-12-17)7-10-16-13-18(21-19(22)20-16)15-5-3-2-4-6-15/h2-13,18H,1H3,(H2,20,21,22)/b10-7+. The van der Waals surface area contributed by atoms with Gasteiger partial charge in [0.05, 0.1) is 13.2 Å². The van der Waals surface area contributed by atoms with Crippen molar-refractivity contribution in [3.63, 3.8) is 0 Å². The summed E-state index contributed by atoms with van der Waals surface area (Å²) in [7, 11) is 1.64. The Morgan fingerprint density at radius 1 is 1.00 bits per heavy atom. The Labute approximate surface area is 135 Å². The van der Waals surface area contributed by atoms with Crippen molar-refractivity contribution in [2.45, 2.75) is 6.04 Å². The summed E-state index contributed by atoms with van der Waals surface area (Å²) in [6.45, 7) is 0. The number of hydrogen-bond acceptors (Lipinski definition) is 2. The van der Waals surface area contributed by atoms with Crippen LogP contribution in [0.5, 0.6) is 5.75 Å². The summed E-state index contributed by atoms with van der Waals surface area (Å²) < 4.78 is 5.14. The largest absolute Gasteiger partial charge is 0.497 e. The zero-order valence-electron chi connectivity index (χ0n) is 12.8. The van der Waals surface area contributed by atoms with Gasteiger partial charge in [-0.2, -0.15) is 0 Å². The molecule has 3 rings (SSSR count). The molecule has 23 heavy (non-hydrogen) atoms. The fourth-order valence-corrected chi connectivity index (χ4v) is 2.41. The summed E-state index contributed by atoms with van der Waals surface area (Å²) in [6.07, 6.45) is 5.85. The van der Waals surface area contributed by atoms with Crippen molar-refractivity contribution in [3.05, 3.63) is 83.6 Å². The van der Waals surface area contributed by atoms with Gasteiger partial charge in [-0.05, 0) is 35.4 Å². The third-order valence-corrected chi connectivity index (χ3v) is 3.62. The molecule has 0 radical (unpaired) electrons. The molecule has 0 bridgehead atoms. The molecule has 0 aromatic heterocycles. The Bertz CT molecular complexity index is 734. The first-order valence-corrected chi connectivity index (χ1v) is 7.41. The van der Waals surface area contributed by atoms with Crippen LogP contribution in [0.4, 0.5) is 4.79 Å². The number of methoxy groups -OCH3 is 1. The fourth-order valence-electron chi connectivity index (χ4n) is 2.41. The maximum Gasteiger partial charge on any atom is 0.319 e. The van der Waals surface area contributed by atoms with Crippen LogP contribution in [-0.2, 0) is 0 Å². The quantitative estimate of drug-likeness (QED) is 0.906. The number of hydrogen-bond donors (Lipinski definition) is 2. The topological polar surface area (TPSA) is 50.4 Å². The Kier molecular flexibility index (Phi) is 4.43. The summed E-state index contributed by atoms with van der Waals surface area (Å²) in [5.74, 6) is 0.820. The Morgan fingerprint density at radius 2 is 1.74 bits per heavy atom. The van der Waals surface area contributed by atoms with Gasteiger partial charge in [0, 0.05) is 5.70 Å². The number of carbonyl (C=O) groups is 1. The van der Waals surface area contributed by atoms with Gasteiger partial charge in [-0.25, -0.2) is 4.79 Å². The van der Waals surface area contributed by atoms with Gasteiger partial charge in [0.2, 0.25) is 0 Å². The molecule has 2 aromatic rings. The smallest absolute Gasteiger partial charge is 0.319 e. The van der Waals surface area contributed by atoms with Gasteiger partial charge in [-0.15, -0.1) is 0 Å². The van der Waals surface area contributed by atoms with Crippen molar-refractivity contribution in [1.29, 1.82) is 0 Å². The van der Waals surface area contributed by atoms with Gasteiger partial charge in [0.15, 0.2) is 0 Å². The minimum atomic E-state index is -0.198. The van der Waals surface area contributed by atoms with Crippen LogP contribution >= 0.6 is 0 Å². The molecule has 0 fully saturated rings. The zero-order valence-corrected chi connectivity index (χ0v) is 12.8. The lowest BCUT2D eigenvalue weighted by molar-refractivity contribution is 0.240. The predicted octanol–water partition coefficient (Wildman–Crippen LogP) is 3.65. The summed E-state index contributed by atoms with van der Waals surface area (Å²) in [6, 6.07) is 17.3. The van der Waals surface area contributed by atoms with Crippen LogP contribution in [0.1, 0.15) is 17.2 Å². The molecule has 0 spiro atoms. The van der Waals surface area contributed by atoms with E-state index in [1.54, 1.807) is 7.11 Å². The molecule has 2 amide bonds. The highest BCUT2D eigenvalue weighted by Gasteiger charge is 2.17. The second kappa shape index (κ2) is 6.83. The third-order valence-electron chi connectivity index (χ3n) is 3.62. The molecular formula is C19H18N2O2. The molecule has 1 heterocycles. The molecule has 116 valence electrons. The van der Waals surface area contributed by atoms with Gasteiger partial charge in [-0.1, -0.05) is 48.5 Å². The molecule has 0 aliphatic carbocycles. The van der Waals surface area contributed by atoms with E-state index in [0.717, 1.165) is 22.6 Å². The van der Waals surface area contributed by atoms with E-state index in [1.807, 2.05) is 72.8 Å². The lowest BCUT2D eigenvalue weighted by Gasteiger charge is -2.22. The lowest BCUT2D eigenvalue weighted by Crippen LogP contribution is -2.40. The first-order valence-electron chi connectivity index (χ1n) is 7.41. The maximum absolute atomic E-state index is 11.8. The molecule has 2 N–H and O–H groups in total. The van der Waals surface area contributed by atoms with Crippen LogP contribution in [0.25, 0.3) is 6.08 Å². The van der Waals surface area contributed by atoms with E-state index in [4.69, 9.17) is 4.74 Å². The van der Waals surface area contributed by atoms with E-state index in [0.29, 0.717) is 0 Å². The van der Waals surface area contributed by atoms with Crippen LogP contribution in [0, 0.1) is 0 Å². The summed E-state index contributed by atoms with van der Waals surface area (Å²) in [5.41, 5.74) is 2.87. The summed E-state index contributed by atoms with van der Waals surface area (Å²) >= 11 is 0. The van der Waals surface area contributed by atoms with Crippen molar-refractivity contribution < 1.29 is 9.53 Å². The van der Waals surface area contributed by atoms with Gasteiger partial charge < -0.3 is 15.4 Å². The molecule has 0 saturated heterocycles. The fraction of sp³-hybridized carbons (Fsp3) is 0.105. The molecule has 0 saturated carbocycles. The van der Waals surface area contributed by atoms with Crippen molar-refractivity contribution in [2.24, 2.45) is 0 Å². The normalized spacial score (nSPS) is 17.3. The van der Waals surface area contributed by atoms with Crippen molar-refractivity contribution in [3.8, 4) is 5.75 Å². The minimum Gasteiger partial charge on any atom is -0.497 e. The monoisotopic (exact) mass is 306 g/mol. The predicted molar refractivity (Wildman–Crippen MR) is 91.0 cm³/mol. The average molecular weight is 306 g/mol. The Hall–Kier alpha value is -3.01. The maximum atomic E-state index is 11.8. The second-order valence-corrected chi connectivity index (χ2v) is 5.22. The van der Waals surface area contributed by atoms with Crippen LogP contribution in [-0.4, -0.2) is 13.1 Å². The molecule has 2 aromatic carbocycles. The van der Waals surface area contributed by atoms with Crippen LogP contribution in [0.15, 0.2) is 72.4 Å². The van der Waals surface area contributed by atoms with Crippen LogP contribution in [0.3, 0.4) is 0 Å². The molecule has 1 aliphatic rings. The van der Waals surface area contributed by atoms with Gasteiger partial charge in [-0.3, -0.25) is 0 Å². The van der Waals surface area contributed by atoms with E-state index in [2.05, 4.69) is 10.6 Å². The number of rotatable bonds is 4. The molecule has 1 atom stereocenters. The lowest BCUT2D eigenvalue weighted by atomic mass is 10.0. The molecular weight excluding hydrogens is 288 g/mol. The van der Waals surface area contributed by atoms with Crippen LogP contribution < -0.4 is 15.4 Å². The molecule has 4 heteroatoms. The minimum absolute atomic E-state index is 0.125. The number of benzene rings is 2. The highest BCUT2D eigenvalue weighted by atomic mass is 16.5. The third kappa shape index (κ3) is 3.80. The van der Waals surface area contributed by atoms with E-state index in [-0.39, 0.29) is 12.1 Å². The summed E-state index contributed by atoms with van der Waals surface area (Å²) in [5, 5.41) is 5.71. The average Bonchev–Trinajstić information content (AvgIpc) is 2.61. The first kappa shape index (κ1) is 14.9. The number of allylic oxidation sites excluding steroid dienone is 1. The first-order chi connectivity index (χ1) is 11.2. The highest BCUT2D eigenvalue weighted by molar-refractivity contribution is 5.79. The Balaban J connectivity index is 1.78. The van der Waals surface area contributed by atoms with E-state index < -0.39 is 0 Å². The number of carbonyl (C=O) groups excluding carboxylic acids is 1. The number of nitrogens with one attached hydrogen (secondary N) is 2. The van der Waals surface area contributed by atoms with E-state index in [1.165, 1.54) is 0 Å². The van der Waals surface area contributed by atoms with Crippen molar-refractivity contribution in [2.75, 3.05) is 7.11 Å². The van der Waals surface area contributed by atoms with Gasteiger partial charge in [0.25, 0.3) is 0 Å². The number of amides is 2. The molecule has 4 nitrogen and oxygen atoms in total. The SMILES string of the molecule is COc1ccc(/C=C/C2=CC(c3ccccc3)NC(=O)N2)cc1. The zero-order chi connectivity index (χ0) is 16.1. The summed E-state index contributed by atoms with van der Waals surface area (Å²) in [4.78, 5) is 11.8. The van der Waals surface area contributed by atoms with E-state index in [9.17, 15) is 4.79 Å². The number of ether oxygens (including phenoxy) is 1. The second-order valence-electron chi connectivity index (χ2n) is 5.22. The van der Waals surface area contributed by atoms with Gasteiger partial charge in [0.1, 0.15) is 5.75 Å². The van der Waals surface area contributed by atoms with Crippen LogP contribution in [0.2, 0.25) is 0 Å². The molecule has 1 unspecified atom stereocenters. The van der Waals surface area contributed by atoms with E-state index >= 15 is 0 Å². The number of urea groups is 1. The Morgan fingerprint density at radius 3 is 2.43 bits per heavy atom. The highest BCUT2D eigenvalue weighted by Crippen LogP contribution is 2.19. The van der Waals surface area contributed by atoms with Gasteiger partial charge >= 0.3 is 6.03 Å². The molecule has 1 aliphatic heterocycles. The van der Waals surface area contributed by atoms with Crippen molar-refractivity contribution in [1.82, 2.24) is 10.6 Å². The van der Waals surface area contributed by atoms with Crippen molar-refractivity contribution >= 4 is 12.1 Å².